The van der Waals surface area contributed by atoms with Crippen molar-refractivity contribution in [2.75, 3.05) is 26.7 Å². The molecule has 0 aliphatic carbocycles. The molecule has 2 rings (SSSR count). The molecule has 0 aromatic heterocycles. The summed E-state index contributed by atoms with van der Waals surface area (Å²) in [6.07, 6.45) is 2.17. The van der Waals surface area contributed by atoms with Crippen molar-refractivity contribution in [3.63, 3.8) is 0 Å². The summed E-state index contributed by atoms with van der Waals surface area (Å²) in [5, 5.41) is 3.68. The maximum absolute atomic E-state index is 12.1. The van der Waals surface area contributed by atoms with Crippen LogP contribution in [0, 0.1) is 0 Å². The van der Waals surface area contributed by atoms with Crippen LogP contribution in [-0.2, 0) is 11.3 Å². The minimum atomic E-state index is 0.0801. The SMILES string of the molecule is C[N+]1(CC(=O)NCc2ccc(Cl)cc2)CCCC(N)C1. The second kappa shape index (κ2) is 6.57. The van der Waals surface area contributed by atoms with Gasteiger partial charge in [0.2, 0.25) is 0 Å². The van der Waals surface area contributed by atoms with Crippen molar-refractivity contribution >= 4 is 17.5 Å². The molecule has 0 radical (unpaired) electrons. The van der Waals surface area contributed by atoms with Crippen molar-refractivity contribution in [2.24, 2.45) is 5.73 Å². The van der Waals surface area contributed by atoms with Gasteiger partial charge in [-0.2, -0.15) is 0 Å². The van der Waals surface area contributed by atoms with E-state index in [1.165, 1.54) is 0 Å². The smallest absolute Gasteiger partial charge is 0.275 e. The van der Waals surface area contributed by atoms with Crippen molar-refractivity contribution in [1.29, 1.82) is 0 Å². The molecule has 20 heavy (non-hydrogen) atoms. The number of amides is 1. The van der Waals surface area contributed by atoms with Gasteiger partial charge in [0.05, 0.1) is 26.2 Å². The number of carbonyl (C=O) groups excluding carboxylic acids is 1. The van der Waals surface area contributed by atoms with E-state index >= 15 is 0 Å². The average Bonchev–Trinajstić information content (AvgIpc) is 2.37. The Kier molecular flexibility index (Phi) is 5.02. The molecule has 4 nitrogen and oxygen atoms in total. The summed E-state index contributed by atoms with van der Waals surface area (Å²) < 4.78 is 0.744. The highest BCUT2D eigenvalue weighted by Crippen LogP contribution is 2.15. The van der Waals surface area contributed by atoms with E-state index in [9.17, 15) is 4.79 Å². The fourth-order valence-electron chi connectivity index (χ4n) is 2.83. The maximum Gasteiger partial charge on any atom is 0.275 e. The lowest BCUT2D eigenvalue weighted by Gasteiger charge is -2.39. The number of halogens is 1. The van der Waals surface area contributed by atoms with Crippen LogP contribution < -0.4 is 11.1 Å². The van der Waals surface area contributed by atoms with Crippen molar-refractivity contribution in [1.82, 2.24) is 5.32 Å². The van der Waals surface area contributed by atoms with Gasteiger partial charge in [0.15, 0.2) is 6.54 Å². The Morgan fingerprint density at radius 3 is 2.80 bits per heavy atom. The zero-order valence-electron chi connectivity index (χ0n) is 11.9. The summed E-state index contributed by atoms with van der Waals surface area (Å²) in [4.78, 5) is 12.1. The highest BCUT2D eigenvalue weighted by molar-refractivity contribution is 6.30. The van der Waals surface area contributed by atoms with Gasteiger partial charge in [-0.05, 0) is 30.5 Å². The van der Waals surface area contributed by atoms with Gasteiger partial charge in [-0.25, -0.2) is 0 Å². The lowest BCUT2D eigenvalue weighted by Crippen LogP contribution is -2.58. The number of likely N-dealkylation sites (N-methyl/N-ethyl adjacent to an activating group) is 1. The maximum atomic E-state index is 12.1. The Morgan fingerprint density at radius 1 is 1.45 bits per heavy atom. The van der Waals surface area contributed by atoms with Crippen LogP contribution in [0.5, 0.6) is 0 Å². The van der Waals surface area contributed by atoms with Crippen LogP contribution in [0.2, 0.25) is 5.02 Å². The lowest BCUT2D eigenvalue weighted by molar-refractivity contribution is -0.907. The van der Waals surface area contributed by atoms with Crippen LogP contribution in [0.4, 0.5) is 0 Å². The number of quaternary nitrogens is 1. The number of nitrogens with two attached hydrogens (primary N) is 1. The third-order valence-electron chi connectivity index (χ3n) is 3.88. The first-order chi connectivity index (χ1) is 9.47. The molecule has 2 atom stereocenters. The molecule has 1 fully saturated rings. The fraction of sp³-hybridized carbons (Fsp3) is 0.533. The molecule has 1 saturated heterocycles. The first-order valence-electron chi connectivity index (χ1n) is 7.07. The van der Waals surface area contributed by atoms with E-state index in [4.69, 9.17) is 17.3 Å². The van der Waals surface area contributed by atoms with E-state index in [1.54, 1.807) is 0 Å². The summed E-state index contributed by atoms with van der Waals surface area (Å²) in [7, 11) is 2.11. The molecule has 1 aromatic rings. The summed E-state index contributed by atoms with van der Waals surface area (Å²) >= 11 is 5.83. The number of likely N-dealkylation sites (tertiary alicyclic amines) is 1. The Bertz CT molecular complexity index is 463. The van der Waals surface area contributed by atoms with Gasteiger partial charge in [0, 0.05) is 11.6 Å². The predicted molar refractivity (Wildman–Crippen MR) is 81.3 cm³/mol. The Labute approximate surface area is 125 Å². The van der Waals surface area contributed by atoms with Crippen LogP contribution >= 0.6 is 11.6 Å². The number of hydrogen-bond acceptors (Lipinski definition) is 2. The van der Waals surface area contributed by atoms with Crippen LogP contribution in [0.3, 0.4) is 0 Å². The molecule has 0 bridgehead atoms. The van der Waals surface area contributed by atoms with E-state index in [2.05, 4.69) is 12.4 Å². The van der Waals surface area contributed by atoms with E-state index in [0.29, 0.717) is 18.1 Å². The van der Waals surface area contributed by atoms with E-state index < -0.39 is 0 Å². The molecule has 1 aromatic carbocycles. The summed E-state index contributed by atoms with van der Waals surface area (Å²) in [5.74, 6) is 0.0801. The molecule has 110 valence electrons. The first kappa shape index (κ1) is 15.3. The zero-order chi connectivity index (χ0) is 14.6. The molecular formula is C15H23ClN3O+. The minimum absolute atomic E-state index is 0.0801. The molecular weight excluding hydrogens is 274 g/mol. The molecule has 1 aliphatic heterocycles. The molecule has 3 N–H and O–H groups in total. The number of nitrogens with zero attached hydrogens (tertiary/aromatic N) is 1. The zero-order valence-corrected chi connectivity index (χ0v) is 12.7. The number of rotatable bonds is 4. The van der Waals surface area contributed by atoms with Gasteiger partial charge in [0.1, 0.15) is 0 Å². The predicted octanol–water partition coefficient (Wildman–Crippen LogP) is 1.52. The normalized spacial score (nSPS) is 26.2. The van der Waals surface area contributed by atoms with Gasteiger partial charge in [0.25, 0.3) is 5.91 Å². The molecule has 1 amide bonds. The van der Waals surface area contributed by atoms with Crippen molar-refractivity contribution in [2.45, 2.75) is 25.4 Å². The van der Waals surface area contributed by atoms with Crippen molar-refractivity contribution in [3.05, 3.63) is 34.9 Å². The standard InChI is InChI=1S/C15H22ClN3O/c1-19(8-2-3-14(17)10-19)11-15(20)18-9-12-4-6-13(16)7-5-12/h4-7,14H,2-3,8-11,17H2,1H3/p+1. The summed E-state index contributed by atoms with van der Waals surface area (Å²) in [6.45, 7) is 2.96. The van der Waals surface area contributed by atoms with E-state index in [1.807, 2.05) is 24.3 Å². The largest absolute Gasteiger partial charge is 0.347 e. The second-order valence-electron chi connectivity index (χ2n) is 5.99. The van der Waals surface area contributed by atoms with Crippen molar-refractivity contribution < 1.29 is 9.28 Å². The third-order valence-corrected chi connectivity index (χ3v) is 4.13. The number of piperidine rings is 1. The molecule has 1 aliphatic rings. The number of carbonyl (C=O) groups is 1. The third kappa shape index (κ3) is 4.47. The topological polar surface area (TPSA) is 55.1 Å². The van der Waals surface area contributed by atoms with Crippen molar-refractivity contribution in [3.8, 4) is 0 Å². The summed E-state index contributed by atoms with van der Waals surface area (Å²) in [5.41, 5.74) is 7.06. The van der Waals surface area contributed by atoms with Gasteiger partial charge >= 0.3 is 0 Å². The number of benzene rings is 1. The number of hydrogen-bond donors (Lipinski definition) is 2. The summed E-state index contributed by atoms with van der Waals surface area (Å²) in [6, 6.07) is 7.74. The molecule has 2 unspecified atom stereocenters. The molecule has 1 heterocycles. The van der Waals surface area contributed by atoms with Crippen LogP contribution in [-0.4, -0.2) is 43.1 Å². The Morgan fingerprint density at radius 2 is 2.15 bits per heavy atom. The fourth-order valence-corrected chi connectivity index (χ4v) is 2.96. The van der Waals surface area contributed by atoms with Crippen LogP contribution in [0.25, 0.3) is 0 Å². The van der Waals surface area contributed by atoms with E-state index in [-0.39, 0.29) is 11.9 Å². The first-order valence-corrected chi connectivity index (χ1v) is 7.45. The molecule has 0 saturated carbocycles. The molecule has 5 heteroatoms. The number of nitrogens with one attached hydrogen (secondary N) is 1. The Balaban J connectivity index is 1.81. The van der Waals surface area contributed by atoms with Gasteiger partial charge in [-0.15, -0.1) is 0 Å². The van der Waals surface area contributed by atoms with Crippen LogP contribution in [0.1, 0.15) is 18.4 Å². The highest BCUT2D eigenvalue weighted by Gasteiger charge is 2.31. The van der Waals surface area contributed by atoms with Crippen LogP contribution in [0.15, 0.2) is 24.3 Å². The van der Waals surface area contributed by atoms with Gasteiger partial charge < -0.3 is 15.5 Å². The van der Waals surface area contributed by atoms with Gasteiger partial charge in [-0.3, -0.25) is 4.79 Å². The van der Waals surface area contributed by atoms with E-state index in [0.717, 1.165) is 36.0 Å². The quantitative estimate of drug-likeness (QED) is 0.828. The average molecular weight is 297 g/mol. The molecule has 0 spiro atoms. The second-order valence-corrected chi connectivity index (χ2v) is 6.43. The highest BCUT2D eigenvalue weighted by atomic mass is 35.5. The monoisotopic (exact) mass is 296 g/mol. The van der Waals surface area contributed by atoms with Gasteiger partial charge in [-0.1, -0.05) is 23.7 Å². The minimum Gasteiger partial charge on any atom is -0.347 e. The Hall–Kier alpha value is -1.10. The lowest BCUT2D eigenvalue weighted by atomic mass is 10.0.